The molecule has 0 radical (unpaired) electrons. The Balaban J connectivity index is 1.97. The largest absolute Gasteiger partial charge is 0.507 e. The lowest BCUT2D eigenvalue weighted by Gasteiger charge is -2.16. The molecule has 2 N–H and O–H groups in total. The predicted molar refractivity (Wildman–Crippen MR) is 79.7 cm³/mol. The van der Waals surface area contributed by atoms with Crippen LogP contribution >= 0.6 is 0 Å². The lowest BCUT2D eigenvalue weighted by Crippen LogP contribution is -2.08. The summed E-state index contributed by atoms with van der Waals surface area (Å²) in [4.78, 5) is 8.38. The Hall–Kier alpha value is -2.62. The van der Waals surface area contributed by atoms with Crippen molar-refractivity contribution >= 4 is 16.5 Å². The van der Waals surface area contributed by atoms with Gasteiger partial charge in [0.15, 0.2) is 0 Å². The second kappa shape index (κ2) is 5.17. The van der Waals surface area contributed by atoms with Crippen LogP contribution in [0.1, 0.15) is 18.7 Å². The summed E-state index contributed by atoms with van der Waals surface area (Å²) in [6.45, 7) is 2.03. The van der Waals surface area contributed by atoms with Crippen LogP contribution in [0.4, 0.5) is 5.69 Å². The van der Waals surface area contributed by atoms with Crippen LogP contribution < -0.4 is 5.32 Å². The molecule has 0 bridgehead atoms. The number of benzene rings is 2. The molecule has 3 rings (SSSR count). The second-order valence-corrected chi connectivity index (χ2v) is 4.67. The number of rotatable bonds is 3. The third-order valence-electron chi connectivity index (χ3n) is 3.30. The molecule has 1 atom stereocenters. The van der Waals surface area contributed by atoms with Crippen LogP contribution in [0.25, 0.3) is 10.8 Å². The molecule has 20 heavy (non-hydrogen) atoms. The molecule has 0 aliphatic carbocycles. The van der Waals surface area contributed by atoms with Crippen molar-refractivity contribution in [2.75, 3.05) is 5.32 Å². The van der Waals surface area contributed by atoms with Crippen LogP contribution in [0.2, 0.25) is 0 Å². The number of phenols is 1. The summed E-state index contributed by atoms with van der Waals surface area (Å²) in [6, 6.07) is 11.4. The van der Waals surface area contributed by atoms with Crippen molar-refractivity contribution in [3.8, 4) is 5.75 Å². The lowest BCUT2D eigenvalue weighted by atomic mass is 10.1. The van der Waals surface area contributed by atoms with E-state index in [2.05, 4.69) is 15.3 Å². The fraction of sp³-hybridized carbons (Fsp3) is 0.125. The minimum absolute atomic E-state index is 0.0386. The number of aromatic hydroxyl groups is 1. The van der Waals surface area contributed by atoms with Crippen molar-refractivity contribution in [1.82, 2.24) is 9.97 Å². The summed E-state index contributed by atoms with van der Waals surface area (Å²) < 4.78 is 0. The second-order valence-electron chi connectivity index (χ2n) is 4.67. The molecule has 0 saturated carbocycles. The average molecular weight is 265 g/mol. The van der Waals surface area contributed by atoms with Crippen LogP contribution in [0.3, 0.4) is 0 Å². The average Bonchev–Trinajstić information content (AvgIpc) is 2.49. The highest BCUT2D eigenvalue weighted by atomic mass is 16.3. The Bertz CT molecular complexity index is 728. The third-order valence-corrected chi connectivity index (χ3v) is 3.30. The van der Waals surface area contributed by atoms with Gasteiger partial charge in [0.05, 0.1) is 17.9 Å². The monoisotopic (exact) mass is 265 g/mol. The molecule has 0 saturated heterocycles. The Labute approximate surface area is 117 Å². The topological polar surface area (TPSA) is 58.0 Å². The summed E-state index contributed by atoms with van der Waals surface area (Å²) in [5.74, 6) is 0.290. The van der Waals surface area contributed by atoms with E-state index in [4.69, 9.17) is 0 Å². The van der Waals surface area contributed by atoms with Gasteiger partial charge in [-0.3, -0.25) is 9.97 Å². The number of nitrogens with zero attached hydrogens (tertiary/aromatic N) is 2. The van der Waals surface area contributed by atoms with Crippen LogP contribution in [0.15, 0.2) is 55.0 Å². The zero-order chi connectivity index (χ0) is 13.9. The van der Waals surface area contributed by atoms with Crippen LogP contribution in [-0.2, 0) is 0 Å². The van der Waals surface area contributed by atoms with Gasteiger partial charge >= 0.3 is 0 Å². The molecule has 4 heteroatoms. The lowest BCUT2D eigenvalue weighted by molar-refractivity contribution is 0.481. The van der Waals surface area contributed by atoms with E-state index in [1.807, 2.05) is 37.3 Å². The molecule has 0 aliphatic heterocycles. The number of hydrogen-bond acceptors (Lipinski definition) is 4. The first-order valence-corrected chi connectivity index (χ1v) is 6.49. The van der Waals surface area contributed by atoms with Gasteiger partial charge in [-0.05, 0) is 19.1 Å². The third kappa shape index (κ3) is 2.28. The van der Waals surface area contributed by atoms with Crippen molar-refractivity contribution in [1.29, 1.82) is 0 Å². The Morgan fingerprint density at radius 3 is 2.65 bits per heavy atom. The summed E-state index contributed by atoms with van der Waals surface area (Å²) in [7, 11) is 0. The van der Waals surface area contributed by atoms with Crippen molar-refractivity contribution in [2.45, 2.75) is 13.0 Å². The maximum Gasteiger partial charge on any atom is 0.123 e. The molecule has 0 fully saturated rings. The first-order valence-electron chi connectivity index (χ1n) is 6.49. The minimum atomic E-state index is 0.0386. The molecule has 0 amide bonds. The highest BCUT2D eigenvalue weighted by Gasteiger charge is 2.09. The summed E-state index contributed by atoms with van der Waals surface area (Å²) in [5.41, 5.74) is 1.85. The van der Waals surface area contributed by atoms with E-state index in [-0.39, 0.29) is 6.04 Å². The number of nitrogens with one attached hydrogen (secondary N) is 1. The molecule has 2 aromatic carbocycles. The Morgan fingerprint density at radius 2 is 1.85 bits per heavy atom. The molecular formula is C16H15N3O. The first kappa shape index (κ1) is 12.4. The van der Waals surface area contributed by atoms with E-state index in [1.165, 1.54) is 0 Å². The van der Waals surface area contributed by atoms with E-state index in [0.717, 1.165) is 22.2 Å². The van der Waals surface area contributed by atoms with Gasteiger partial charge in [0.1, 0.15) is 5.75 Å². The number of phenolic OH excluding ortho intramolecular Hbond substituents is 1. The van der Waals surface area contributed by atoms with Gasteiger partial charge in [0, 0.05) is 28.9 Å². The van der Waals surface area contributed by atoms with Crippen molar-refractivity contribution in [3.05, 3.63) is 60.7 Å². The maximum atomic E-state index is 9.90. The molecule has 1 heterocycles. The fourth-order valence-electron chi connectivity index (χ4n) is 2.26. The summed E-state index contributed by atoms with van der Waals surface area (Å²) in [6.07, 6.45) is 5.09. The maximum absolute atomic E-state index is 9.90. The van der Waals surface area contributed by atoms with Gasteiger partial charge in [-0.15, -0.1) is 0 Å². The zero-order valence-electron chi connectivity index (χ0n) is 11.1. The Kier molecular flexibility index (Phi) is 3.21. The van der Waals surface area contributed by atoms with E-state index in [9.17, 15) is 5.11 Å². The molecule has 0 aliphatic rings. The van der Waals surface area contributed by atoms with E-state index in [1.54, 1.807) is 24.7 Å². The normalized spacial score (nSPS) is 12.2. The number of fused-ring (bicyclic) bond motifs is 1. The first-order chi connectivity index (χ1) is 9.75. The molecule has 4 nitrogen and oxygen atoms in total. The zero-order valence-corrected chi connectivity index (χ0v) is 11.1. The number of aromatic nitrogens is 2. The smallest absolute Gasteiger partial charge is 0.123 e. The van der Waals surface area contributed by atoms with Crippen LogP contribution in [-0.4, -0.2) is 15.1 Å². The molecule has 100 valence electrons. The van der Waals surface area contributed by atoms with E-state index >= 15 is 0 Å². The van der Waals surface area contributed by atoms with Crippen molar-refractivity contribution in [2.24, 2.45) is 0 Å². The van der Waals surface area contributed by atoms with Gasteiger partial charge in [0.25, 0.3) is 0 Å². The highest BCUT2D eigenvalue weighted by molar-refractivity contribution is 5.97. The van der Waals surface area contributed by atoms with Gasteiger partial charge in [-0.25, -0.2) is 0 Å². The summed E-state index contributed by atoms with van der Waals surface area (Å²) >= 11 is 0. The van der Waals surface area contributed by atoms with E-state index in [0.29, 0.717) is 5.75 Å². The van der Waals surface area contributed by atoms with Crippen LogP contribution in [0.5, 0.6) is 5.75 Å². The standard InChI is InChI=1S/C16H15N3O/c1-11(15-10-17-8-9-18-15)19-14-6-2-5-13-12(14)4-3-7-16(13)20/h2-11,19-20H,1H3. The van der Waals surface area contributed by atoms with E-state index < -0.39 is 0 Å². The molecule has 3 aromatic rings. The number of hydrogen-bond donors (Lipinski definition) is 2. The molecular weight excluding hydrogens is 250 g/mol. The van der Waals surface area contributed by atoms with Gasteiger partial charge < -0.3 is 10.4 Å². The molecule has 1 unspecified atom stereocenters. The summed E-state index contributed by atoms with van der Waals surface area (Å²) in [5, 5.41) is 15.1. The fourth-order valence-corrected chi connectivity index (χ4v) is 2.26. The minimum Gasteiger partial charge on any atom is -0.507 e. The molecule has 1 aromatic heterocycles. The highest BCUT2D eigenvalue weighted by Crippen LogP contribution is 2.31. The molecule has 0 spiro atoms. The van der Waals surface area contributed by atoms with Gasteiger partial charge in [-0.1, -0.05) is 24.3 Å². The quantitative estimate of drug-likeness (QED) is 0.761. The van der Waals surface area contributed by atoms with Crippen molar-refractivity contribution < 1.29 is 5.11 Å². The Morgan fingerprint density at radius 1 is 1.05 bits per heavy atom. The number of anilines is 1. The van der Waals surface area contributed by atoms with Crippen LogP contribution in [0, 0.1) is 0 Å². The van der Waals surface area contributed by atoms with Crippen molar-refractivity contribution in [3.63, 3.8) is 0 Å². The van der Waals surface area contributed by atoms with Gasteiger partial charge in [0.2, 0.25) is 0 Å². The van der Waals surface area contributed by atoms with Gasteiger partial charge in [-0.2, -0.15) is 0 Å². The SMILES string of the molecule is CC(Nc1cccc2c(O)cccc12)c1cnccn1. The predicted octanol–water partition coefficient (Wildman–Crippen LogP) is 3.51.